The highest BCUT2D eigenvalue weighted by atomic mass is 35.5. The number of hydrogen-bond acceptors (Lipinski definition) is 6. The van der Waals surface area contributed by atoms with Crippen LogP contribution in [-0.4, -0.2) is 21.9 Å². The second-order valence-corrected chi connectivity index (χ2v) is 6.61. The molecule has 3 aromatic rings. The molecule has 3 rings (SSSR count). The Balaban J connectivity index is 1.71. The molecule has 2 aromatic heterocycles. The molecular weight excluding hydrogens is 366 g/mol. The van der Waals surface area contributed by atoms with Crippen LogP contribution in [0.15, 0.2) is 41.0 Å². The van der Waals surface area contributed by atoms with Gasteiger partial charge in [0, 0.05) is 9.90 Å². The first kappa shape index (κ1) is 17.0. The number of furan rings is 1. The number of benzene rings is 1. The molecular formula is C16H12ClN3O4S. The van der Waals surface area contributed by atoms with Crippen molar-refractivity contribution in [1.82, 2.24) is 15.8 Å². The number of nitrogens with zero attached hydrogens (tertiary/aromatic N) is 1. The van der Waals surface area contributed by atoms with Gasteiger partial charge in [-0.25, -0.2) is 4.98 Å². The van der Waals surface area contributed by atoms with Crippen molar-refractivity contribution in [3.63, 3.8) is 0 Å². The van der Waals surface area contributed by atoms with E-state index < -0.39 is 11.8 Å². The molecule has 0 atom stereocenters. The van der Waals surface area contributed by atoms with Crippen molar-refractivity contribution in [2.75, 3.05) is 0 Å². The predicted molar refractivity (Wildman–Crippen MR) is 92.6 cm³/mol. The third-order valence-corrected chi connectivity index (χ3v) is 4.46. The topological polar surface area (TPSA) is 104 Å². The number of hydrogen-bond donors (Lipinski definition) is 3. The molecule has 2 heterocycles. The largest absolute Gasteiger partial charge is 0.507 e. The van der Waals surface area contributed by atoms with Crippen molar-refractivity contribution in [3.8, 4) is 16.5 Å². The quantitative estimate of drug-likeness (QED) is 0.608. The van der Waals surface area contributed by atoms with Crippen molar-refractivity contribution in [3.05, 3.63) is 57.8 Å². The number of thiazole rings is 1. The minimum absolute atomic E-state index is 0.0564. The van der Waals surface area contributed by atoms with E-state index in [1.54, 1.807) is 19.1 Å². The van der Waals surface area contributed by atoms with E-state index >= 15 is 0 Å². The molecule has 0 fully saturated rings. The molecule has 9 heteroatoms. The second-order valence-electron chi connectivity index (χ2n) is 4.97. The molecule has 7 nitrogen and oxygen atoms in total. The van der Waals surface area contributed by atoms with Gasteiger partial charge in [-0.05, 0) is 37.3 Å². The Morgan fingerprint density at radius 2 is 2.00 bits per heavy atom. The third kappa shape index (κ3) is 3.65. The highest BCUT2D eigenvalue weighted by Crippen LogP contribution is 2.27. The van der Waals surface area contributed by atoms with Gasteiger partial charge in [0.2, 0.25) is 0 Å². The lowest BCUT2D eigenvalue weighted by atomic mass is 10.2. The fraction of sp³-hybridized carbons (Fsp3) is 0.0625. The molecule has 0 aliphatic rings. The van der Waals surface area contributed by atoms with E-state index in [1.165, 1.54) is 35.8 Å². The average Bonchev–Trinajstić information content (AvgIpc) is 3.24. The lowest BCUT2D eigenvalue weighted by Crippen LogP contribution is -2.42. The summed E-state index contributed by atoms with van der Waals surface area (Å²) in [6.45, 7) is 1.74. The van der Waals surface area contributed by atoms with Crippen LogP contribution >= 0.6 is 22.9 Å². The van der Waals surface area contributed by atoms with Crippen LogP contribution in [0.2, 0.25) is 5.02 Å². The second kappa shape index (κ2) is 6.96. The number of carbonyl (C=O) groups excluding carboxylic acids is 2. The Bertz CT molecular complexity index is 937. The molecule has 0 unspecified atom stereocenters. The summed E-state index contributed by atoms with van der Waals surface area (Å²) in [5.41, 5.74) is 4.60. The van der Waals surface area contributed by atoms with Gasteiger partial charge in [0.25, 0.3) is 11.8 Å². The zero-order chi connectivity index (χ0) is 18.0. The monoisotopic (exact) mass is 377 g/mol. The number of hydrazine groups is 1. The van der Waals surface area contributed by atoms with Crippen LogP contribution in [0.25, 0.3) is 10.8 Å². The van der Waals surface area contributed by atoms with E-state index in [-0.39, 0.29) is 22.0 Å². The number of aryl methyl sites for hydroxylation is 1. The lowest BCUT2D eigenvalue weighted by molar-refractivity contribution is 0.0842. The number of amides is 2. The van der Waals surface area contributed by atoms with Crippen molar-refractivity contribution in [1.29, 1.82) is 0 Å². The van der Waals surface area contributed by atoms with E-state index in [4.69, 9.17) is 16.0 Å². The van der Waals surface area contributed by atoms with Gasteiger partial charge in [-0.3, -0.25) is 20.4 Å². The molecule has 128 valence electrons. The van der Waals surface area contributed by atoms with Crippen molar-refractivity contribution in [2.45, 2.75) is 6.92 Å². The third-order valence-electron chi connectivity index (χ3n) is 3.24. The summed E-state index contributed by atoms with van der Waals surface area (Å²) in [5, 5.41) is 10.5. The molecule has 0 saturated heterocycles. The predicted octanol–water partition coefficient (Wildman–Crippen LogP) is 3.15. The van der Waals surface area contributed by atoms with E-state index in [2.05, 4.69) is 15.8 Å². The molecule has 0 saturated carbocycles. The zero-order valence-corrected chi connectivity index (χ0v) is 14.4. The summed E-state index contributed by atoms with van der Waals surface area (Å²) in [5.74, 6) is -0.977. The normalized spacial score (nSPS) is 10.5. The van der Waals surface area contributed by atoms with Gasteiger partial charge in [-0.1, -0.05) is 11.6 Å². The van der Waals surface area contributed by atoms with Crippen LogP contribution in [-0.2, 0) is 0 Å². The molecule has 0 aliphatic heterocycles. The van der Waals surface area contributed by atoms with E-state index in [0.717, 1.165) is 0 Å². The van der Waals surface area contributed by atoms with E-state index in [1.807, 2.05) is 0 Å². The van der Waals surface area contributed by atoms with Gasteiger partial charge < -0.3 is 9.52 Å². The van der Waals surface area contributed by atoms with Gasteiger partial charge in [0.15, 0.2) is 10.8 Å². The maximum atomic E-state index is 12.2. The maximum absolute atomic E-state index is 12.2. The first-order chi connectivity index (χ1) is 12.0. The summed E-state index contributed by atoms with van der Waals surface area (Å²) in [6, 6.07) is 7.50. The molecule has 3 N–H and O–H groups in total. The first-order valence-electron chi connectivity index (χ1n) is 7.06. The minimum atomic E-state index is -0.701. The van der Waals surface area contributed by atoms with Gasteiger partial charge in [0.05, 0.1) is 11.8 Å². The lowest BCUT2D eigenvalue weighted by Gasteiger charge is -2.08. The Hall–Kier alpha value is -2.84. The molecule has 0 spiro atoms. The summed E-state index contributed by atoms with van der Waals surface area (Å²) in [4.78, 5) is 29.2. The van der Waals surface area contributed by atoms with E-state index in [0.29, 0.717) is 15.6 Å². The molecule has 0 aliphatic carbocycles. The minimum Gasteiger partial charge on any atom is -0.507 e. The van der Waals surface area contributed by atoms with Crippen LogP contribution in [0.3, 0.4) is 0 Å². The van der Waals surface area contributed by atoms with Crippen LogP contribution in [0, 0.1) is 6.92 Å². The molecule has 0 bridgehead atoms. The zero-order valence-electron chi connectivity index (χ0n) is 12.9. The van der Waals surface area contributed by atoms with Crippen molar-refractivity contribution in [2.24, 2.45) is 0 Å². The summed E-state index contributed by atoms with van der Waals surface area (Å²) in [6.07, 6.45) is 1.52. The van der Waals surface area contributed by atoms with Crippen LogP contribution in [0.1, 0.15) is 25.7 Å². The standard InChI is InChI=1S/C16H12ClN3O4S/c1-8-13(18-16(25-8)12-3-2-6-24-12)15(23)20-19-14(22)10-7-9(17)4-5-11(10)21/h2-7,21H,1H3,(H,19,22)(H,20,23). The Labute approximate surface area is 151 Å². The number of phenols is 1. The van der Waals surface area contributed by atoms with Gasteiger partial charge >= 0.3 is 0 Å². The maximum Gasteiger partial charge on any atom is 0.289 e. The SMILES string of the molecule is Cc1sc(-c2ccco2)nc1C(=O)NNC(=O)c1cc(Cl)ccc1O. The van der Waals surface area contributed by atoms with Crippen molar-refractivity contribution < 1.29 is 19.1 Å². The molecule has 0 radical (unpaired) electrons. The Kier molecular flexibility index (Phi) is 4.73. The number of aromatic hydroxyl groups is 1. The smallest absolute Gasteiger partial charge is 0.289 e. The average molecular weight is 378 g/mol. The highest BCUT2D eigenvalue weighted by Gasteiger charge is 2.19. The molecule has 2 amide bonds. The van der Waals surface area contributed by atoms with Crippen molar-refractivity contribution >= 4 is 34.8 Å². The number of aromatic nitrogens is 1. The number of phenolic OH excluding ortho intramolecular Hbond substituents is 1. The summed E-state index contributed by atoms with van der Waals surface area (Å²) in [7, 11) is 0. The highest BCUT2D eigenvalue weighted by molar-refractivity contribution is 7.15. The fourth-order valence-electron chi connectivity index (χ4n) is 2.04. The van der Waals surface area contributed by atoms with Crippen LogP contribution in [0.5, 0.6) is 5.75 Å². The number of halogens is 1. The number of carbonyl (C=O) groups is 2. The first-order valence-corrected chi connectivity index (χ1v) is 8.25. The Morgan fingerprint density at radius 3 is 2.72 bits per heavy atom. The van der Waals surface area contributed by atoms with Gasteiger partial charge in [0.1, 0.15) is 11.4 Å². The van der Waals surface area contributed by atoms with Crippen LogP contribution in [0.4, 0.5) is 0 Å². The van der Waals surface area contributed by atoms with Crippen LogP contribution < -0.4 is 10.9 Å². The number of nitrogens with one attached hydrogen (secondary N) is 2. The number of rotatable bonds is 3. The van der Waals surface area contributed by atoms with E-state index in [9.17, 15) is 14.7 Å². The van der Waals surface area contributed by atoms with Gasteiger partial charge in [-0.2, -0.15) is 0 Å². The molecule has 25 heavy (non-hydrogen) atoms. The summed E-state index contributed by atoms with van der Waals surface area (Å²) >= 11 is 7.10. The van der Waals surface area contributed by atoms with Gasteiger partial charge in [-0.15, -0.1) is 11.3 Å². The fourth-order valence-corrected chi connectivity index (χ4v) is 3.09. The molecule has 1 aromatic carbocycles. The Morgan fingerprint density at radius 1 is 1.24 bits per heavy atom. The summed E-state index contributed by atoms with van der Waals surface area (Å²) < 4.78 is 5.25.